The Kier molecular flexibility index (Phi) is 8.14. The number of carbonyl (C=O) groups is 3. The molecule has 0 bridgehead atoms. The van der Waals surface area contributed by atoms with E-state index in [1.807, 2.05) is 0 Å². The van der Waals surface area contributed by atoms with Gasteiger partial charge < -0.3 is 20.5 Å². The van der Waals surface area contributed by atoms with Crippen molar-refractivity contribution in [2.24, 2.45) is 5.92 Å². The zero-order chi connectivity index (χ0) is 24.7. The maximum atomic E-state index is 12.8. The molecule has 1 saturated carbocycles. The van der Waals surface area contributed by atoms with E-state index in [2.05, 4.69) is 10.6 Å². The predicted molar refractivity (Wildman–Crippen MR) is 117 cm³/mol. The van der Waals surface area contributed by atoms with E-state index in [4.69, 9.17) is 9.84 Å². The molecule has 182 valence electrons. The van der Waals surface area contributed by atoms with Crippen LogP contribution in [0.3, 0.4) is 0 Å². The van der Waals surface area contributed by atoms with Crippen molar-refractivity contribution in [3.63, 3.8) is 0 Å². The number of hydrogen-bond acceptors (Lipinski definition) is 4. The summed E-state index contributed by atoms with van der Waals surface area (Å²) in [5.41, 5.74) is -0.645. The van der Waals surface area contributed by atoms with Crippen LogP contribution in [0.15, 0.2) is 48.5 Å². The van der Waals surface area contributed by atoms with Gasteiger partial charge in [-0.15, -0.1) is 0 Å². The molecule has 3 N–H and O–H groups in total. The number of hydrogen-bond donors (Lipinski definition) is 3. The van der Waals surface area contributed by atoms with Gasteiger partial charge in [-0.3, -0.25) is 14.4 Å². The molecule has 0 aliphatic heterocycles. The van der Waals surface area contributed by atoms with Gasteiger partial charge in [0, 0.05) is 24.2 Å². The molecular weight excluding hydrogens is 453 g/mol. The lowest BCUT2D eigenvalue weighted by Crippen LogP contribution is -2.34. The molecule has 10 heteroatoms. The molecule has 0 unspecified atom stereocenters. The van der Waals surface area contributed by atoms with Gasteiger partial charge in [0.1, 0.15) is 5.75 Å². The molecule has 2 aromatic carbocycles. The Labute approximate surface area is 194 Å². The molecular formula is C24H25F3N2O5. The molecule has 1 fully saturated rings. The molecule has 1 aliphatic carbocycles. The quantitative estimate of drug-likeness (QED) is 0.500. The van der Waals surface area contributed by atoms with E-state index in [0.29, 0.717) is 37.0 Å². The van der Waals surface area contributed by atoms with E-state index < -0.39 is 23.6 Å². The highest BCUT2D eigenvalue weighted by molar-refractivity contribution is 5.95. The zero-order valence-corrected chi connectivity index (χ0v) is 18.2. The Hall–Kier alpha value is -3.56. The number of carbonyl (C=O) groups excluding carboxylic acids is 2. The van der Waals surface area contributed by atoms with Crippen LogP contribution in [0.2, 0.25) is 0 Å². The number of carboxylic acid groups (broad SMARTS) is 1. The first kappa shape index (κ1) is 25.1. The van der Waals surface area contributed by atoms with Crippen LogP contribution in [0.4, 0.5) is 13.2 Å². The summed E-state index contributed by atoms with van der Waals surface area (Å²) >= 11 is 0. The summed E-state index contributed by atoms with van der Waals surface area (Å²) < 4.78 is 44.2. The fourth-order valence-corrected chi connectivity index (χ4v) is 3.70. The van der Waals surface area contributed by atoms with Crippen LogP contribution in [0.5, 0.6) is 5.75 Å². The molecule has 2 amide bonds. The van der Waals surface area contributed by atoms with Crippen LogP contribution in [-0.2, 0) is 11.0 Å². The number of halogens is 3. The van der Waals surface area contributed by atoms with Crippen molar-refractivity contribution < 1.29 is 37.4 Å². The molecule has 3 rings (SSSR count). The lowest BCUT2D eigenvalue weighted by molar-refractivity contribution is -0.143. The van der Waals surface area contributed by atoms with Crippen LogP contribution < -0.4 is 15.4 Å². The number of rotatable bonds is 8. The number of nitrogens with one attached hydrogen (secondary N) is 2. The lowest BCUT2D eigenvalue weighted by Gasteiger charge is -2.26. The monoisotopic (exact) mass is 478 g/mol. The molecule has 0 aromatic heterocycles. The molecule has 1 aliphatic rings. The first-order valence-corrected chi connectivity index (χ1v) is 10.9. The molecule has 34 heavy (non-hydrogen) atoms. The van der Waals surface area contributed by atoms with Crippen LogP contribution in [0.1, 0.15) is 52.0 Å². The third-order valence-corrected chi connectivity index (χ3v) is 5.59. The summed E-state index contributed by atoms with van der Waals surface area (Å²) in [6, 6.07) is 10.6. The minimum atomic E-state index is -4.54. The third-order valence-electron chi connectivity index (χ3n) is 5.59. The van der Waals surface area contributed by atoms with Gasteiger partial charge in [0.15, 0.2) is 0 Å². The van der Waals surface area contributed by atoms with Gasteiger partial charge in [0.25, 0.3) is 11.8 Å². The standard InChI is InChI=1S/C24H25F3N2O5/c25-24(26,27)18-3-1-2-17(14-18)22(31)29-13-12-28-21(30)15-4-8-19(9-5-15)34-20-10-6-16(7-11-20)23(32)33/h1-5,8-9,14,16,20H,6-7,10-13H2,(H,28,30)(H,29,31)(H,32,33)/t16-,20+. The second kappa shape index (κ2) is 11.0. The third kappa shape index (κ3) is 6.97. The van der Waals surface area contributed by atoms with Gasteiger partial charge in [0.2, 0.25) is 0 Å². The SMILES string of the molecule is O=C(NCCNC(=O)c1cccc(C(F)(F)F)c1)c1ccc(O[C@H]2CC[C@@H](C(=O)O)CC2)cc1. The molecule has 0 heterocycles. The normalized spacial score (nSPS) is 18.1. The van der Waals surface area contributed by atoms with Crippen LogP contribution in [-0.4, -0.2) is 42.1 Å². The molecule has 0 atom stereocenters. The minimum Gasteiger partial charge on any atom is -0.490 e. The second-order valence-electron chi connectivity index (χ2n) is 8.04. The van der Waals surface area contributed by atoms with E-state index in [1.54, 1.807) is 24.3 Å². The van der Waals surface area contributed by atoms with E-state index in [1.165, 1.54) is 6.07 Å². The topological polar surface area (TPSA) is 105 Å². The molecule has 0 saturated heterocycles. The van der Waals surface area contributed by atoms with Crippen molar-refractivity contribution in [2.75, 3.05) is 13.1 Å². The van der Waals surface area contributed by atoms with E-state index in [0.717, 1.165) is 18.2 Å². The fourth-order valence-electron chi connectivity index (χ4n) is 3.70. The number of ether oxygens (including phenoxy) is 1. The highest BCUT2D eigenvalue weighted by atomic mass is 19.4. The van der Waals surface area contributed by atoms with Gasteiger partial charge in [-0.1, -0.05) is 6.07 Å². The maximum absolute atomic E-state index is 12.8. The summed E-state index contributed by atoms with van der Waals surface area (Å²) in [7, 11) is 0. The van der Waals surface area contributed by atoms with Crippen LogP contribution in [0.25, 0.3) is 0 Å². The maximum Gasteiger partial charge on any atom is 0.416 e. The minimum absolute atomic E-state index is 0.0427. The van der Waals surface area contributed by atoms with Crippen molar-refractivity contribution in [2.45, 2.75) is 38.0 Å². The average molecular weight is 478 g/mol. The van der Waals surface area contributed by atoms with E-state index in [9.17, 15) is 27.6 Å². The highest BCUT2D eigenvalue weighted by Gasteiger charge is 2.31. The summed E-state index contributed by atoms with van der Waals surface area (Å²) in [5, 5.41) is 14.2. The largest absolute Gasteiger partial charge is 0.490 e. The first-order chi connectivity index (χ1) is 16.1. The van der Waals surface area contributed by atoms with Crippen molar-refractivity contribution in [3.05, 3.63) is 65.2 Å². The molecule has 0 spiro atoms. The number of carboxylic acids is 1. The fraction of sp³-hybridized carbons (Fsp3) is 0.375. The number of benzene rings is 2. The van der Waals surface area contributed by atoms with Crippen molar-refractivity contribution in [1.82, 2.24) is 10.6 Å². The summed E-state index contributed by atoms with van der Waals surface area (Å²) in [4.78, 5) is 35.3. The predicted octanol–water partition coefficient (Wildman–Crippen LogP) is 3.89. The Balaban J connectivity index is 1.41. The Morgan fingerprint density at radius 2 is 1.47 bits per heavy atom. The van der Waals surface area contributed by atoms with E-state index in [-0.39, 0.29) is 36.6 Å². The van der Waals surface area contributed by atoms with Crippen LogP contribution >= 0.6 is 0 Å². The molecule has 2 aromatic rings. The Morgan fingerprint density at radius 3 is 2.03 bits per heavy atom. The van der Waals surface area contributed by atoms with E-state index >= 15 is 0 Å². The van der Waals surface area contributed by atoms with Crippen molar-refractivity contribution in [1.29, 1.82) is 0 Å². The number of alkyl halides is 3. The molecule has 7 nitrogen and oxygen atoms in total. The summed E-state index contributed by atoms with van der Waals surface area (Å²) in [6.45, 7) is 0.135. The van der Waals surface area contributed by atoms with Crippen molar-refractivity contribution in [3.8, 4) is 5.75 Å². The van der Waals surface area contributed by atoms with Gasteiger partial charge in [-0.25, -0.2) is 0 Å². The number of amides is 2. The first-order valence-electron chi connectivity index (χ1n) is 10.9. The highest BCUT2D eigenvalue weighted by Crippen LogP contribution is 2.30. The summed E-state index contributed by atoms with van der Waals surface area (Å²) in [5.74, 6) is -1.55. The van der Waals surface area contributed by atoms with Crippen molar-refractivity contribution >= 4 is 17.8 Å². The Bertz CT molecular complexity index is 1020. The summed E-state index contributed by atoms with van der Waals surface area (Å²) in [6.07, 6.45) is -2.13. The van der Waals surface area contributed by atoms with Gasteiger partial charge in [-0.2, -0.15) is 13.2 Å². The lowest BCUT2D eigenvalue weighted by atomic mass is 9.87. The molecule has 0 radical (unpaired) electrons. The van der Waals surface area contributed by atoms with Gasteiger partial charge in [-0.05, 0) is 68.1 Å². The Morgan fingerprint density at radius 1 is 0.882 bits per heavy atom. The van der Waals surface area contributed by atoms with Crippen LogP contribution in [0, 0.1) is 5.92 Å². The smallest absolute Gasteiger partial charge is 0.416 e. The zero-order valence-electron chi connectivity index (χ0n) is 18.2. The average Bonchev–Trinajstić information content (AvgIpc) is 2.82. The number of aliphatic carboxylic acids is 1. The van der Waals surface area contributed by atoms with Gasteiger partial charge in [0.05, 0.1) is 17.6 Å². The van der Waals surface area contributed by atoms with Gasteiger partial charge >= 0.3 is 12.1 Å². The second-order valence-corrected chi connectivity index (χ2v) is 8.04.